The number of carbonyl (C=O) groups excluding carboxylic acids is 1. The van der Waals surface area contributed by atoms with Gasteiger partial charge in [-0.15, -0.1) is 0 Å². The van der Waals surface area contributed by atoms with E-state index in [1.54, 1.807) is 12.3 Å². The van der Waals surface area contributed by atoms with Crippen LogP contribution in [-0.4, -0.2) is 5.91 Å². The highest BCUT2D eigenvalue weighted by Crippen LogP contribution is 2.11. The molecule has 0 bridgehead atoms. The molecule has 1 aromatic carbocycles. The second-order valence-corrected chi connectivity index (χ2v) is 2.52. The van der Waals surface area contributed by atoms with Crippen molar-refractivity contribution >= 4 is 12.0 Å². The van der Waals surface area contributed by atoms with E-state index in [9.17, 15) is 4.79 Å². The standard InChI is InChI=1S/C9H8N2O/c12-9-8-4-2-1-3-7(8)5-6-10-11-9/h1-6,10H,(H,11,12). The zero-order chi connectivity index (χ0) is 8.39. The van der Waals surface area contributed by atoms with Crippen molar-refractivity contribution < 1.29 is 4.79 Å². The van der Waals surface area contributed by atoms with Gasteiger partial charge >= 0.3 is 0 Å². The van der Waals surface area contributed by atoms with E-state index in [1.807, 2.05) is 24.3 Å². The van der Waals surface area contributed by atoms with Gasteiger partial charge in [-0.1, -0.05) is 18.2 Å². The van der Waals surface area contributed by atoms with Gasteiger partial charge in [0.15, 0.2) is 0 Å². The molecule has 0 saturated carbocycles. The van der Waals surface area contributed by atoms with E-state index in [2.05, 4.69) is 10.9 Å². The Morgan fingerprint density at radius 3 is 2.92 bits per heavy atom. The number of hydrazine groups is 1. The number of amides is 1. The summed E-state index contributed by atoms with van der Waals surface area (Å²) < 4.78 is 0. The van der Waals surface area contributed by atoms with Crippen molar-refractivity contribution in [2.24, 2.45) is 0 Å². The first-order chi connectivity index (χ1) is 5.88. The molecule has 0 unspecified atom stereocenters. The molecule has 0 radical (unpaired) electrons. The quantitative estimate of drug-likeness (QED) is 0.592. The topological polar surface area (TPSA) is 41.1 Å². The van der Waals surface area contributed by atoms with Gasteiger partial charge in [0, 0.05) is 11.8 Å². The van der Waals surface area contributed by atoms with Crippen LogP contribution in [0.15, 0.2) is 30.5 Å². The number of benzene rings is 1. The summed E-state index contributed by atoms with van der Waals surface area (Å²) in [5.41, 5.74) is 6.81. The molecule has 0 atom stereocenters. The Labute approximate surface area is 70.1 Å². The van der Waals surface area contributed by atoms with Crippen LogP contribution in [0.3, 0.4) is 0 Å². The minimum atomic E-state index is -0.101. The van der Waals surface area contributed by atoms with Crippen LogP contribution in [0.1, 0.15) is 15.9 Å². The summed E-state index contributed by atoms with van der Waals surface area (Å²) in [6.45, 7) is 0. The van der Waals surface area contributed by atoms with Gasteiger partial charge in [-0.25, -0.2) is 0 Å². The van der Waals surface area contributed by atoms with Crippen molar-refractivity contribution in [1.29, 1.82) is 0 Å². The van der Waals surface area contributed by atoms with E-state index in [1.165, 1.54) is 0 Å². The van der Waals surface area contributed by atoms with Gasteiger partial charge in [0.05, 0.1) is 0 Å². The van der Waals surface area contributed by atoms with Gasteiger partial charge in [0.1, 0.15) is 0 Å². The third-order valence-corrected chi connectivity index (χ3v) is 1.74. The fourth-order valence-electron chi connectivity index (χ4n) is 1.16. The lowest BCUT2D eigenvalue weighted by atomic mass is 10.1. The Hall–Kier alpha value is -1.77. The normalized spacial score (nSPS) is 14.2. The lowest BCUT2D eigenvalue weighted by Crippen LogP contribution is -2.32. The molecule has 1 aliphatic rings. The first-order valence-electron chi connectivity index (χ1n) is 3.69. The number of fused-ring (bicyclic) bond motifs is 1. The fourth-order valence-corrected chi connectivity index (χ4v) is 1.16. The maximum absolute atomic E-state index is 11.3. The predicted octanol–water partition coefficient (Wildman–Crippen LogP) is 0.905. The number of rotatable bonds is 0. The Morgan fingerprint density at radius 2 is 2.00 bits per heavy atom. The van der Waals surface area contributed by atoms with Gasteiger partial charge < -0.3 is 5.43 Å². The van der Waals surface area contributed by atoms with Crippen molar-refractivity contribution in [2.45, 2.75) is 0 Å². The van der Waals surface area contributed by atoms with Gasteiger partial charge in [0.2, 0.25) is 0 Å². The highest BCUT2D eigenvalue weighted by atomic mass is 16.2. The molecule has 2 N–H and O–H groups in total. The molecule has 0 aromatic heterocycles. The van der Waals surface area contributed by atoms with Crippen LogP contribution in [0, 0.1) is 0 Å². The third-order valence-electron chi connectivity index (χ3n) is 1.74. The van der Waals surface area contributed by atoms with Crippen molar-refractivity contribution in [2.75, 3.05) is 0 Å². The Kier molecular flexibility index (Phi) is 1.55. The second kappa shape index (κ2) is 2.70. The summed E-state index contributed by atoms with van der Waals surface area (Å²) in [5, 5.41) is 0. The second-order valence-electron chi connectivity index (χ2n) is 2.52. The van der Waals surface area contributed by atoms with Crippen LogP contribution in [-0.2, 0) is 0 Å². The van der Waals surface area contributed by atoms with Crippen LogP contribution in [0.25, 0.3) is 6.08 Å². The first kappa shape index (κ1) is 6.91. The van der Waals surface area contributed by atoms with Gasteiger partial charge in [-0.3, -0.25) is 10.2 Å². The summed E-state index contributed by atoms with van der Waals surface area (Å²) in [6, 6.07) is 7.44. The lowest BCUT2D eigenvalue weighted by molar-refractivity contribution is 0.0942. The number of nitrogens with one attached hydrogen (secondary N) is 2. The van der Waals surface area contributed by atoms with E-state index in [4.69, 9.17) is 0 Å². The molecular weight excluding hydrogens is 152 g/mol. The lowest BCUT2D eigenvalue weighted by Gasteiger charge is -2.01. The maximum Gasteiger partial charge on any atom is 0.270 e. The molecule has 3 heteroatoms. The van der Waals surface area contributed by atoms with E-state index in [0.29, 0.717) is 5.56 Å². The summed E-state index contributed by atoms with van der Waals surface area (Å²) in [7, 11) is 0. The minimum Gasteiger partial charge on any atom is -0.306 e. The van der Waals surface area contributed by atoms with Crippen molar-refractivity contribution in [3.63, 3.8) is 0 Å². The third kappa shape index (κ3) is 1.05. The average molecular weight is 160 g/mol. The Morgan fingerprint density at radius 1 is 1.17 bits per heavy atom. The van der Waals surface area contributed by atoms with Crippen LogP contribution < -0.4 is 10.9 Å². The highest BCUT2D eigenvalue weighted by molar-refractivity contribution is 5.98. The molecule has 2 rings (SSSR count). The molecule has 3 nitrogen and oxygen atoms in total. The Balaban J connectivity index is 2.56. The largest absolute Gasteiger partial charge is 0.306 e. The summed E-state index contributed by atoms with van der Waals surface area (Å²) in [5.74, 6) is -0.101. The number of hydrogen-bond donors (Lipinski definition) is 2. The van der Waals surface area contributed by atoms with E-state index < -0.39 is 0 Å². The first-order valence-corrected chi connectivity index (χ1v) is 3.69. The van der Waals surface area contributed by atoms with Crippen molar-refractivity contribution in [3.05, 3.63) is 41.6 Å². The summed E-state index contributed by atoms with van der Waals surface area (Å²) >= 11 is 0. The maximum atomic E-state index is 11.3. The molecule has 0 aliphatic carbocycles. The van der Waals surface area contributed by atoms with Gasteiger partial charge in [-0.05, 0) is 17.7 Å². The molecule has 1 aliphatic heterocycles. The highest BCUT2D eigenvalue weighted by Gasteiger charge is 2.09. The smallest absolute Gasteiger partial charge is 0.270 e. The summed E-state index contributed by atoms with van der Waals surface area (Å²) in [4.78, 5) is 11.3. The molecule has 0 fully saturated rings. The van der Waals surface area contributed by atoms with Gasteiger partial charge in [-0.2, -0.15) is 0 Å². The number of hydrogen-bond acceptors (Lipinski definition) is 2. The van der Waals surface area contributed by atoms with Gasteiger partial charge in [0.25, 0.3) is 5.91 Å². The molecule has 12 heavy (non-hydrogen) atoms. The van der Waals surface area contributed by atoms with Crippen molar-refractivity contribution in [3.8, 4) is 0 Å². The van der Waals surface area contributed by atoms with Crippen LogP contribution >= 0.6 is 0 Å². The van der Waals surface area contributed by atoms with Crippen LogP contribution in [0.4, 0.5) is 0 Å². The predicted molar refractivity (Wildman–Crippen MR) is 46.1 cm³/mol. The molecule has 1 heterocycles. The molecule has 1 amide bonds. The van der Waals surface area contributed by atoms with Crippen LogP contribution in [0.2, 0.25) is 0 Å². The van der Waals surface area contributed by atoms with E-state index in [0.717, 1.165) is 5.56 Å². The molecule has 1 aromatic rings. The molecule has 0 saturated heterocycles. The van der Waals surface area contributed by atoms with Crippen LogP contribution in [0.5, 0.6) is 0 Å². The minimum absolute atomic E-state index is 0.101. The molecular formula is C9H8N2O. The van der Waals surface area contributed by atoms with Crippen molar-refractivity contribution in [1.82, 2.24) is 10.9 Å². The van der Waals surface area contributed by atoms with E-state index in [-0.39, 0.29) is 5.91 Å². The van der Waals surface area contributed by atoms with E-state index >= 15 is 0 Å². The zero-order valence-electron chi connectivity index (χ0n) is 6.37. The summed E-state index contributed by atoms with van der Waals surface area (Å²) in [6.07, 6.45) is 3.55. The Bertz CT molecular complexity index is 344. The average Bonchev–Trinajstić information content (AvgIpc) is 2.29. The number of carbonyl (C=O) groups is 1. The molecule has 0 spiro atoms. The zero-order valence-corrected chi connectivity index (χ0v) is 6.37. The fraction of sp³-hybridized carbons (Fsp3) is 0. The monoisotopic (exact) mass is 160 g/mol. The SMILES string of the molecule is O=C1NNC=Cc2ccccc21. The molecule has 60 valence electrons.